The smallest absolute Gasteiger partial charge is 0.450 e. The van der Waals surface area contributed by atoms with Crippen LogP contribution in [0.1, 0.15) is 33.4 Å². The lowest BCUT2D eigenvalue weighted by Gasteiger charge is -2.40. The van der Waals surface area contributed by atoms with Crippen LogP contribution in [0.2, 0.25) is 18.1 Å². The van der Waals surface area contributed by atoms with Gasteiger partial charge in [0.05, 0.1) is 25.2 Å². The molecular formula is C22H35N5O6Si. The minimum absolute atomic E-state index is 0.0560. The number of nitrogens with zero attached hydrogens (tertiary/aromatic N) is 5. The lowest BCUT2D eigenvalue weighted by molar-refractivity contribution is -0.112. The topological polar surface area (TPSA) is 131 Å². The molecule has 0 saturated carbocycles. The van der Waals surface area contributed by atoms with E-state index in [1.807, 2.05) is 14.1 Å². The van der Waals surface area contributed by atoms with Crippen LogP contribution in [0.25, 0.3) is 5.52 Å². The van der Waals surface area contributed by atoms with Gasteiger partial charge in [0.15, 0.2) is 25.8 Å². The molecule has 3 heterocycles. The van der Waals surface area contributed by atoms with Crippen LogP contribution in [-0.2, 0) is 19.5 Å². The molecule has 0 bridgehead atoms. The van der Waals surface area contributed by atoms with Crippen LogP contribution in [0, 0.1) is 0 Å². The molecule has 3 atom stereocenters. The average Bonchev–Trinajstić information content (AvgIpc) is 3.26. The first-order valence-corrected chi connectivity index (χ1v) is 14.0. The van der Waals surface area contributed by atoms with Gasteiger partial charge < -0.3 is 29.0 Å². The van der Waals surface area contributed by atoms with Crippen LogP contribution < -0.4 is 0 Å². The molecule has 0 aliphatic carbocycles. The Morgan fingerprint density at radius 2 is 2.09 bits per heavy atom. The molecular weight excluding hydrogens is 458 g/mol. The number of carboxylic acid groups (broad SMARTS) is 1. The second kappa shape index (κ2) is 8.91. The Kier molecular flexibility index (Phi) is 6.83. The largest absolute Gasteiger partial charge is 0.506 e. The number of aromatic nitrogens is 3. The van der Waals surface area contributed by atoms with E-state index in [1.165, 1.54) is 10.8 Å². The summed E-state index contributed by atoms with van der Waals surface area (Å²) in [5, 5.41) is 25.5. The Bertz CT molecular complexity index is 1080. The second-order valence-corrected chi connectivity index (χ2v) is 15.5. The number of hydrogen-bond acceptors (Lipinski definition) is 8. The van der Waals surface area contributed by atoms with Gasteiger partial charge in [-0.3, -0.25) is 0 Å². The van der Waals surface area contributed by atoms with Gasteiger partial charge in [-0.2, -0.15) is 5.10 Å². The molecule has 2 aromatic rings. The number of carbonyl (C=O) groups is 1. The lowest BCUT2D eigenvalue weighted by atomic mass is 9.86. The van der Waals surface area contributed by atoms with Gasteiger partial charge in [0.25, 0.3) is 0 Å². The van der Waals surface area contributed by atoms with Crippen molar-refractivity contribution >= 4 is 32.1 Å². The normalized spacial score (nSPS) is 25.9. The van der Waals surface area contributed by atoms with Crippen LogP contribution in [-0.4, -0.2) is 89.5 Å². The van der Waals surface area contributed by atoms with Crippen LogP contribution in [0.5, 0.6) is 0 Å². The van der Waals surface area contributed by atoms with Gasteiger partial charge in [0, 0.05) is 14.1 Å². The second-order valence-electron chi connectivity index (χ2n) is 10.6. The van der Waals surface area contributed by atoms with E-state index in [0.717, 1.165) is 0 Å². The van der Waals surface area contributed by atoms with E-state index in [-0.39, 0.29) is 18.3 Å². The molecule has 11 nitrogen and oxygen atoms in total. The van der Waals surface area contributed by atoms with Crippen LogP contribution in [0.4, 0.5) is 10.6 Å². The summed E-state index contributed by atoms with van der Waals surface area (Å²) in [5.74, 6) is 0.400. The molecule has 0 amide bonds. The highest BCUT2D eigenvalue weighted by atomic mass is 28.4. The minimum atomic E-state index is -2.18. The molecule has 0 spiro atoms. The van der Waals surface area contributed by atoms with Crippen molar-refractivity contribution < 1.29 is 28.9 Å². The van der Waals surface area contributed by atoms with Gasteiger partial charge >= 0.3 is 6.16 Å². The van der Waals surface area contributed by atoms with Gasteiger partial charge in [-0.1, -0.05) is 20.8 Å². The summed E-state index contributed by atoms with van der Waals surface area (Å²) in [6, 6.07) is 3.37. The monoisotopic (exact) mass is 493 g/mol. The van der Waals surface area contributed by atoms with Crippen molar-refractivity contribution in [3.8, 4) is 0 Å². The first-order chi connectivity index (χ1) is 15.6. The molecule has 1 aliphatic heterocycles. The maximum Gasteiger partial charge on any atom is 0.506 e. The minimum Gasteiger partial charge on any atom is -0.450 e. The molecule has 34 heavy (non-hydrogen) atoms. The third-order valence-electron chi connectivity index (χ3n) is 6.64. The molecule has 1 saturated heterocycles. The molecule has 2 aromatic heterocycles. The lowest BCUT2D eigenvalue weighted by Crippen LogP contribution is -2.54. The maximum absolute atomic E-state index is 11.8. The van der Waals surface area contributed by atoms with Crippen molar-refractivity contribution in [2.24, 2.45) is 4.99 Å². The quantitative estimate of drug-likeness (QED) is 0.259. The predicted molar refractivity (Wildman–Crippen MR) is 129 cm³/mol. The van der Waals surface area contributed by atoms with Gasteiger partial charge in [-0.25, -0.2) is 19.3 Å². The fraction of sp³-hybridized carbons (Fsp3) is 0.636. The van der Waals surface area contributed by atoms with Crippen molar-refractivity contribution in [1.29, 1.82) is 0 Å². The van der Waals surface area contributed by atoms with Gasteiger partial charge in [-0.15, -0.1) is 0 Å². The Labute approximate surface area is 200 Å². The van der Waals surface area contributed by atoms with E-state index >= 15 is 0 Å². The number of aliphatic imine (C=N–C) groups is 1. The SMILES string of the molecule is CN(C)/C=N\c1ncnn2c([C@@]3(O)CO[C@](C)(CO[Si](C)(C)C(C)(C)C)[C@H]3OC(=O)O)ccc12. The molecule has 3 rings (SSSR count). The fourth-order valence-electron chi connectivity index (χ4n) is 3.64. The molecule has 1 aliphatic rings. The highest BCUT2D eigenvalue weighted by Crippen LogP contribution is 2.45. The third kappa shape index (κ3) is 4.81. The standard InChI is InChI=1S/C22H35N5O6Si/c1-20(2,3)34(7,8)32-11-21(4)18(33-19(28)29)22(30,12-31-21)16-10-9-15-17(24-14-26(5)6)23-13-25-27(15)16/h9-10,13-14,18,30H,11-12H2,1-8H3,(H,28,29)/b24-14-/t18-,21-,22+/m1/s1. The molecule has 12 heteroatoms. The zero-order valence-corrected chi connectivity index (χ0v) is 22.1. The van der Waals surface area contributed by atoms with Crippen molar-refractivity contribution in [2.75, 3.05) is 27.3 Å². The first-order valence-electron chi connectivity index (χ1n) is 11.0. The van der Waals surface area contributed by atoms with E-state index in [4.69, 9.17) is 13.9 Å². The summed E-state index contributed by atoms with van der Waals surface area (Å²) in [7, 11) is 1.49. The number of hydrogen-bond donors (Lipinski definition) is 2. The molecule has 188 valence electrons. The average molecular weight is 494 g/mol. The Morgan fingerprint density at radius 3 is 2.68 bits per heavy atom. The van der Waals surface area contributed by atoms with E-state index in [9.17, 15) is 15.0 Å². The summed E-state index contributed by atoms with van der Waals surface area (Å²) >= 11 is 0. The fourth-order valence-corrected chi connectivity index (χ4v) is 4.72. The summed E-state index contributed by atoms with van der Waals surface area (Å²) in [6.07, 6.45) is 0.155. The van der Waals surface area contributed by atoms with Gasteiger partial charge in [0.1, 0.15) is 17.4 Å². The summed E-state index contributed by atoms with van der Waals surface area (Å²) in [4.78, 5) is 22.0. The van der Waals surface area contributed by atoms with Crippen LogP contribution in [0.15, 0.2) is 23.5 Å². The van der Waals surface area contributed by atoms with E-state index in [0.29, 0.717) is 17.0 Å². The maximum atomic E-state index is 11.8. The molecule has 0 unspecified atom stereocenters. The molecule has 0 radical (unpaired) electrons. The van der Waals surface area contributed by atoms with Gasteiger partial charge in [-0.05, 0) is 37.2 Å². The van der Waals surface area contributed by atoms with Crippen molar-refractivity contribution in [3.05, 3.63) is 24.2 Å². The van der Waals surface area contributed by atoms with Crippen LogP contribution >= 0.6 is 0 Å². The zero-order valence-electron chi connectivity index (χ0n) is 21.1. The van der Waals surface area contributed by atoms with Crippen molar-refractivity contribution in [2.45, 2.75) is 63.1 Å². The molecule has 0 aromatic carbocycles. The Morgan fingerprint density at radius 1 is 1.41 bits per heavy atom. The van der Waals surface area contributed by atoms with Crippen molar-refractivity contribution in [3.63, 3.8) is 0 Å². The number of ether oxygens (including phenoxy) is 2. The summed E-state index contributed by atoms with van der Waals surface area (Å²) < 4.78 is 19.1. The van der Waals surface area contributed by atoms with E-state index < -0.39 is 31.8 Å². The predicted octanol–water partition coefficient (Wildman–Crippen LogP) is 3.01. The molecule has 1 fully saturated rings. The highest BCUT2D eigenvalue weighted by Gasteiger charge is 2.61. The Hall–Kier alpha value is -2.54. The summed E-state index contributed by atoms with van der Waals surface area (Å²) in [5.41, 5.74) is -2.17. The number of fused-ring (bicyclic) bond motifs is 1. The van der Waals surface area contributed by atoms with E-state index in [1.54, 1.807) is 30.3 Å². The first kappa shape index (κ1) is 26.1. The highest BCUT2D eigenvalue weighted by molar-refractivity contribution is 6.74. The number of rotatable bonds is 7. The third-order valence-corrected chi connectivity index (χ3v) is 11.1. The van der Waals surface area contributed by atoms with Crippen molar-refractivity contribution in [1.82, 2.24) is 19.5 Å². The summed E-state index contributed by atoms with van der Waals surface area (Å²) in [6.45, 7) is 12.1. The molecule has 2 N–H and O–H groups in total. The Balaban J connectivity index is 2.02. The van der Waals surface area contributed by atoms with Gasteiger partial charge in [0.2, 0.25) is 0 Å². The zero-order chi connectivity index (χ0) is 25.5. The number of aliphatic hydroxyl groups is 1. The van der Waals surface area contributed by atoms with E-state index in [2.05, 4.69) is 48.9 Å². The van der Waals surface area contributed by atoms with Crippen LogP contribution in [0.3, 0.4) is 0 Å².